The van der Waals surface area contributed by atoms with Crippen LogP contribution in [-0.4, -0.2) is 51.9 Å². The Morgan fingerprint density at radius 2 is 1.75 bits per heavy atom. The topological polar surface area (TPSA) is 48.5 Å². The van der Waals surface area contributed by atoms with Crippen molar-refractivity contribution >= 4 is 22.5 Å². The first kappa shape index (κ1) is 21.0. The fourth-order valence-electron chi connectivity index (χ4n) is 5.53. The number of carbonyl (C=O) groups is 1. The summed E-state index contributed by atoms with van der Waals surface area (Å²) in [4.78, 5) is 23.2. The van der Waals surface area contributed by atoms with Crippen LogP contribution in [0.2, 0.25) is 0 Å². The Bertz CT molecular complexity index is 1110. The highest BCUT2D eigenvalue weighted by Gasteiger charge is 2.37. The molecule has 1 N–H and O–H groups in total. The normalized spacial score (nSPS) is 21.8. The van der Waals surface area contributed by atoms with E-state index in [1.54, 1.807) is 0 Å². The zero-order valence-corrected chi connectivity index (χ0v) is 19.0. The van der Waals surface area contributed by atoms with Gasteiger partial charge < -0.3 is 10.2 Å². The number of nitrogens with zero attached hydrogens (tertiary/aromatic N) is 3. The maximum Gasteiger partial charge on any atom is 0.272 e. The Morgan fingerprint density at radius 3 is 2.62 bits per heavy atom. The minimum atomic E-state index is 0.0111. The molecule has 1 aromatic heterocycles. The Hall–Kier alpha value is -2.92. The number of anilines is 1. The molecule has 1 amide bonds. The molecule has 0 radical (unpaired) electrons. The van der Waals surface area contributed by atoms with Crippen molar-refractivity contribution < 1.29 is 4.79 Å². The highest BCUT2D eigenvalue weighted by molar-refractivity contribution is 5.95. The molecular weight excluding hydrogens is 396 g/mol. The van der Waals surface area contributed by atoms with Gasteiger partial charge in [0.25, 0.3) is 5.91 Å². The molecule has 0 unspecified atom stereocenters. The second kappa shape index (κ2) is 8.91. The van der Waals surface area contributed by atoms with Crippen molar-refractivity contribution in [1.29, 1.82) is 0 Å². The molecule has 166 valence electrons. The van der Waals surface area contributed by atoms with Crippen molar-refractivity contribution in [2.45, 2.75) is 57.8 Å². The predicted molar refractivity (Wildman–Crippen MR) is 130 cm³/mol. The van der Waals surface area contributed by atoms with Crippen LogP contribution in [0.3, 0.4) is 0 Å². The number of aromatic nitrogens is 1. The van der Waals surface area contributed by atoms with Gasteiger partial charge in [0.05, 0.1) is 5.52 Å². The molecule has 2 aliphatic rings. The molecule has 5 heteroatoms. The van der Waals surface area contributed by atoms with Crippen LogP contribution in [0.15, 0.2) is 60.7 Å². The zero-order valence-electron chi connectivity index (χ0n) is 19.0. The van der Waals surface area contributed by atoms with Crippen LogP contribution in [-0.2, 0) is 6.54 Å². The summed E-state index contributed by atoms with van der Waals surface area (Å²) in [6, 6.07) is 21.6. The van der Waals surface area contributed by atoms with Gasteiger partial charge in [-0.25, -0.2) is 4.98 Å². The van der Waals surface area contributed by atoms with Crippen LogP contribution in [0, 0.1) is 0 Å². The molecule has 2 aliphatic heterocycles. The van der Waals surface area contributed by atoms with E-state index in [4.69, 9.17) is 4.98 Å². The van der Waals surface area contributed by atoms with E-state index in [9.17, 15) is 4.79 Å². The van der Waals surface area contributed by atoms with Crippen LogP contribution >= 0.6 is 0 Å². The number of para-hydroxylation sites is 2. The number of rotatable bonds is 2. The molecule has 2 atom stereocenters. The van der Waals surface area contributed by atoms with E-state index in [0.29, 0.717) is 30.4 Å². The monoisotopic (exact) mass is 428 g/mol. The highest BCUT2D eigenvalue weighted by Crippen LogP contribution is 2.31. The van der Waals surface area contributed by atoms with E-state index in [2.05, 4.69) is 48.3 Å². The molecule has 1 saturated heterocycles. The molecule has 0 aliphatic carbocycles. The first-order valence-electron chi connectivity index (χ1n) is 11.8. The molecule has 32 heavy (non-hydrogen) atoms. The summed E-state index contributed by atoms with van der Waals surface area (Å²) in [7, 11) is 0. The number of pyridine rings is 1. The Kier molecular flexibility index (Phi) is 5.83. The van der Waals surface area contributed by atoms with Crippen LogP contribution in [0.4, 0.5) is 5.69 Å². The third kappa shape index (κ3) is 4.09. The summed E-state index contributed by atoms with van der Waals surface area (Å²) in [6.07, 6.45) is 3.46. The molecule has 0 saturated carbocycles. The molecule has 2 bridgehead atoms. The Labute approximate surface area is 190 Å². The Morgan fingerprint density at radius 1 is 0.969 bits per heavy atom. The summed E-state index contributed by atoms with van der Waals surface area (Å²) in [5.41, 5.74) is 3.68. The van der Waals surface area contributed by atoms with Crippen molar-refractivity contribution in [3.8, 4) is 0 Å². The highest BCUT2D eigenvalue weighted by atomic mass is 16.2. The van der Waals surface area contributed by atoms with Crippen LogP contribution in [0.1, 0.15) is 49.2 Å². The van der Waals surface area contributed by atoms with Gasteiger partial charge in [-0.15, -0.1) is 0 Å². The maximum atomic E-state index is 13.8. The van der Waals surface area contributed by atoms with Crippen LogP contribution in [0.5, 0.6) is 0 Å². The number of nitrogens with one attached hydrogen (secondary N) is 1. The van der Waals surface area contributed by atoms with Gasteiger partial charge >= 0.3 is 0 Å². The fraction of sp³-hybridized carbons (Fsp3) is 0.407. The number of carbonyl (C=O) groups excluding carboxylic acids is 1. The number of hydrogen-bond acceptors (Lipinski definition) is 4. The lowest BCUT2D eigenvalue weighted by atomic mass is 10.1. The second-order valence-electron chi connectivity index (χ2n) is 9.37. The molecular formula is C27H32N4O. The minimum Gasteiger partial charge on any atom is -0.385 e. The van der Waals surface area contributed by atoms with Crippen molar-refractivity contribution in [3.63, 3.8) is 0 Å². The summed E-state index contributed by atoms with van der Waals surface area (Å²) >= 11 is 0. The van der Waals surface area contributed by atoms with E-state index in [1.165, 1.54) is 6.42 Å². The van der Waals surface area contributed by atoms with Gasteiger partial charge in [0, 0.05) is 48.8 Å². The van der Waals surface area contributed by atoms with Gasteiger partial charge in [-0.2, -0.15) is 0 Å². The van der Waals surface area contributed by atoms with E-state index < -0.39 is 0 Å². The molecule has 3 heterocycles. The van der Waals surface area contributed by atoms with Gasteiger partial charge in [-0.3, -0.25) is 9.69 Å². The third-order valence-corrected chi connectivity index (χ3v) is 6.98. The standard InChI is InChI=1S/C27H32N4O/c1-19(2)31-22-12-13-23(31)18-30(17-21-8-4-5-9-24(21)28-16-15-22)27(32)26-14-11-20-7-3-6-10-25(20)29-26/h3-11,14,19,22-23,28H,12-13,15-18H2,1-2H3/t22-,23+/m1/s1. The maximum absolute atomic E-state index is 13.8. The average Bonchev–Trinajstić information content (AvgIpc) is 3.19. The van der Waals surface area contributed by atoms with E-state index in [1.807, 2.05) is 41.3 Å². The third-order valence-electron chi connectivity index (χ3n) is 6.98. The van der Waals surface area contributed by atoms with Gasteiger partial charge in [0.15, 0.2) is 0 Å². The summed E-state index contributed by atoms with van der Waals surface area (Å²) < 4.78 is 0. The molecule has 5 rings (SSSR count). The zero-order chi connectivity index (χ0) is 22.1. The van der Waals surface area contributed by atoms with Crippen molar-refractivity contribution in [2.24, 2.45) is 0 Å². The number of amides is 1. The molecule has 5 nitrogen and oxygen atoms in total. The molecule has 3 aromatic rings. The first-order chi connectivity index (χ1) is 15.6. The van der Waals surface area contributed by atoms with Gasteiger partial charge in [-0.05, 0) is 56.9 Å². The van der Waals surface area contributed by atoms with Gasteiger partial charge in [-0.1, -0.05) is 42.5 Å². The molecule has 1 fully saturated rings. The van der Waals surface area contributed by atoms with Crippen LogP contribution in [0.25, 0.3) is 10.9 Å². The predicted octanol–water partition coefficient (Wildman–Crippen LogP) is 4.93. The van der Waals surface area contributed by atoms with Crippen molar-refractivity contribution in [1.82, 2.24) is 14.8 Å². The number of fused-ring (bicyclic) bond motifs is 4. The van der Waals surface area contributed by atoms with E-state index in [0.717, 1.165) is 48.1 Å². The van der Waals surface area contributed by atoms with E-state index in [-0.39, 0.29) is 5.91 Å². The molecule has 2 aromatic carbocycles. The lowest BCUT2D eigenvalue weighted by Gasteiger charge is -2.36. The summed E-state index contributed by atoms with van der Waals surface area (Å²) in [6.45, 7) is 6.84. The van der Waals surface area contributed by atoms with Crippen molar-refractivity contribution in [2.75, 3.05) is 18.4 Å². The van der Waals surface area contributed by atoms with Gasteiger partial charge in [0.1, 0.15) is 5.69 Å². The summed E-state index contributed by atoms with van der Waals surface area (Å²) in [5.74, 6) is 0.0111. The average molecular weight is 429 g/mol. The largest absolute Gasteiger partial charge is 0.385 e. The number of benzene rings is 2. The van der Waals surface area contributed by atoms with Crippen molar-refractivity contribution in [3.05, 3.63) is 71.9 Å². The van der Waals surface area contributed by atoms with Gasteiger partial charge in [0.2, 0.25) is 0 Å². The second-order valence-corrected chi connectivity index (χ2v) is 9.37. The number of hydrogen-bond donors (Lipinski definition) is 1. The van der Waals surface area contributed by atoms with Crippen LogP contribution < -0.4 is 5.32 Å². The Balaban J connectivity index is 1.52. The van der Waals surface area contributed by atoms with E-state index >= 15 is 0 Å². The fourth-order valence-corrected chi connectivity index (χ4v) is 5.53. The summed E-state index contributed by atoms with van der Waals surface area (Å²) in [5, 5.41) is 4.70. The molecule has 0 spiro atoms. The minimum absolute atomic E-state index is 0.0111. The quantitative estimate of drug-likeness (QED) is 0.628. The smallest absolute Gasteiger partial charge is 0.272 e. The first-order valence-corrected chi connectivity index (χ1v) is 11.8. The lowest BCUT2D eigenvalue weighted by molar-refractivity contribution is 0.0629. The lowest BCUT2D eigenvalue weighted by Crippen LogP contribution is -2.48. The SMILES string of the molecule is CC(C)N1[C@H]2CCNc3ccccc3CN(C(=O)c3ccc4ccccc4n3)C[C@@H]1CC2.